The van der Waals surface area contributed by atoms with E-state index in [0.29, 0.717) is 0 Å². The molecule has 2 aromatic rings. The Balaban J connectivity index is 2.29. The number of halogens is 1. The van der Waals surface area contributed by atoms with Gasteiger partial charge in [0.15, 0.2) is 0 Å². The van der Waals surface area contributed by atoms with Gasteiger partial charge >= 0.3 is 0 Å². The van der Waals surface area contributed by atoms with E-state index in [1.54, 1.807) is 6.20 Å². The number of nitrogens with zero attached hydrogens (tertiary/aromatic N) is 2. The zero-order valence-electron chi connectivity index (χ0n) is 7.89. The third kappa shape index (κ3) is 1.87. The molecule has 72 valence electrons. The molecule has 2 rings (SSSR count). The van der Waals surface area contributed by atoms with Crippen LogP contribution < -0.4 is 0 Å². The van der Waals surface area contributed by atoms with Crippen LogP contribution in [0.1, 0.15) is 18.5 Å². The number of hydrogen-bond donors (Lipinski definition) is 0. The van der Waals surface area contributed by atoms with Gasteiger partial charge in [-0.05, 0) is 28.4 Å². The van der Waals surface area contributed by atoms with Crippen molar-refractivity contribution in [3.8, 4) is 0 Å². The summed E-state index contributed by atoms with van der Waals surface area (Å²) < 4.78 is 2.96. The van der Waals surface area contributed by atoms with E-state index >= 15 is 0 Å². The van der Waals surface area contributed by atoms with Crippen molar-refractivity contribution >= 4 is 15.9 Å². The fourth-order valence-corrected chi connectivity index (χ4v) is 1.71. The highest BCUT2D eigenvalue weighted by atomic mass is 79.9. The van der Waals surface area contributed by atoms with Crippen LogP contribution in [0.15, 0.2) is 47.2 Å². The minimum absolute atomic E-state index is 0.280. The van der Waals surface area contributed by atoms with Crippen molar-refractivity contribution in [1.29, 1.82) is 0 Å². The van der Waals surface area contributed by atoms with Crippen molar-refractivity contribution in [3.05, 3.63) is 52.8 Å². The van der Waals surface area contributed by atoms with Crippen LogP contribution >= 0.6 is 15.9 Å². The summed E-state index contributed by atoms with van der Waals surface area (Å²) in [6.07, 6.45) is 3.79. The van der Waals surface area contributed by atoms with Crippen LogP contribution in [0.4, 0.5) is 0 Å². The Hall–Kier alpha value is -1.09. The van der Waals surface area contributed by atoms with E-state index in [4.69, 9.17) is 0 Å². The molecule has 14 heavy (non-hydrogen) atoms. The fourth-order valence-electron chi connectivity index (χ4n) is 1.41. The normalized spacial score (nSPS) is 12.7. The van der Waals surface area contributed by atoms with E-state index in [2.05, 4.69) is 40.1 Å². The summed E-state index contributed by atoms with van der Waals surface area (Å²) in [5.41, 5.74) is 1.27. The first-order chi connectivity index (χ1) is 6.77. The maximum Gasteiger partial charge on any atom is 0.0740 e. The molecular weight excluding hydrogens is 240 g/mol. The lowest BCUT2D eigenvalue weighted by Gasteiger charge is -2.11. The molecule has 0 unspecified atom stereocenters. The smallest absolute Gasteiger partial charge is 0.0740 e. The second-order valence-corrected chi connectivity index (χ2v) is 4.14. The molecule has 1 aromatic heterocycles. The van der Waals surface area contributed by atoms with Crippen LogP contribution in [-0.2, 0) is 0 Å². The Labute approximate surface area is 91.7 Å². The van der Waals surface area contributed by atoms with E-state index in [9.17, 15) is 0 Å². The van der Waals surface area contributed by atoms with Gasteiger partial charge in [-0.25, -0.2) is 0 Å². The van der Waals surface area contributed by atoms with Crippen molar-refractivity contribution in [2.75, 3.05) is 0 Å². The Kier molecular flexibility index (Phi) is 2.68. The molecule has 0 saturated heterocycles. The van der Waals surface area contributed by atoms with Crippen molar-refractivity contribution in [1.82, 2.24) is 9.78 Å². The Morgan fingerprint density at radius 1 is 1.29 bits per heavy atom. The molecule has 1 heterocycles. The highest BCUT2D eigenvalue weighted by molar-refractivity contribution is 9.10. The molecule has 2 nitrogen and oxygen atoms in total. The van der Waals surface area contributed by atoms with Gasteiger partial charge in [-0.1, -0.05) is 30.3 Å². The lowest BCUT2D eigenvalue weighted by Crippen LogP contribution is -2.06. The van der Waals surface area contributed by atoms with Gasteiger partial charge in [0.25, 0.3) is 0 Å². The summed E-state index contributed by atoms with van der Waals surface area (Å²) in [7, 11) is 0. The molecule has 0 aliphatic rings. The average Bonchev–Trinajstić information content (AvgIpc) is 2.65. The van der Waals surface area contributed by atoms with Crippen LogP contribution in [0.3, 0.4) is 0 Å². The third-order valence-corrected chi connectivity index (χ3v) is 2.66. The largest absolute Gasteiger partial charge is 0.264 e. The van der Waals surface area contributed by atoms with Crippen molar-refractivity contribution < 1.29 is 0 Å². The number of rotatable bonds is 2. The minimum atomic E-state index is 0.280. The molecule has 0 saturated carbocycles. The maximum atomic E-state index is 4.26. The van der Waals surface area contributed by atoms with E-state index < -0.39 is 0 Å². The molecule has 3 heteroatoms. The number of hydrogen-bond acceptors (Lipinski definition) is 1. The minimum Gasteiger partial charge on any atom is -0.264 e. The average molecular weight is 251 g/mol. The summed E-state index contributed by atoms with van der Waals surface area (Å²) in [5.74, 6) is 0. The van der Waals surface area contributed by atoms with Crippen molar-refractivity contribution in [2.45, 2.75) is 13.0 Å². The summed E-state index contributed by atoms with van der Waals surface area (Å²) in [6, 6.07) is 10.6. The van der Waals surface area contributed by atoms with E-state index in [1.165, 1.54) is 5.56 Å². The summed E-state index contributed by atoms with van der Waals surface area (Å²) in [4.78, 5) is 0. The van der Waals surface area contributed by atoms with Crippen LogP contribution in [-0.4, -0.2) is 9.78 Å². The standard InChI is InChI=1S/C11H11BrN2/c1-9(10-5-3-2-4-6-10)14-8-11(12)7-13-14/h2-9H,1H3/t9-/m1/s1. The summed E-state index contributed by atoms with van der Waals surface area (Å²) in [5, 5.41) is 4.26. The third-order valence-electron chi connectivity index (χ3n) is 2.25. The summed E-state index contributed by atoms with van der Waals surface area (Å²) in [6.45, 7) is 2.13. The number of benzene rings is 1. The van der Waals surface area contributed by atoms with Crippen LogP contribution in [0.2, 0.25) is 0 Å². The zero-order chi connectivity index (χ0) is 9.97. The van der Waals surface area contributed by atoms with Gasteiger partial charge in [-0.2, -0.15) is 5.10 Å². The molecule has 0 bridgehead atoms. The molecule has 1 atom stereocenters. The molecule has 0 radical (unpaired) electrons. The Bertz CT molecular complexity index is 408. The van der Waals surface area contributed by atoms with E-state index in [0.717, 1.165) is 4.47 Å². The Morgan fingerprint density at radius 3 is 2.57 bits per heavy atom. The van der Waals surface area contributed by atoms with Gasteiger partial charge < -0.3 is 0 Å². The predicted octanol–water partition coefficient (Wildman–Crippen LogP) is 3.25. The zero-order valence-corrected chi connectivity index (χ0v) is 9.48. The summed E-state index contributed by atoms with van der Waals surface area (Å²) >= 11 is 3.39. The van der Waals surface area contributed by atoms with Gasteiger partial charge in [0.2, 0.25) is 0 Å². The van der Waals surface area contributed by atoms with Crippen LogP contribution in [0, 0.1) is 0 Å². The van der Waals surface area contributed by atoms with E-state index in [-0.39, 0.29) is 6.04 Å². The molecule has 0 amide bonds. The van der Waals surface area contributed by atoms with Crippen molar-refractivity contribution in [3.63, 3.8) is 0 Å². The fraction of sp³-hybridized carbons (Fsp3) is 0.182. The van der Waals surface area contributed by atoms with Gasteiger partial charge in [-0.15, -0.1) is 0 Å². The lowest BCUT2D eigenvalue weighted by molar-refractivity contribution is 0.564. The quantitative estimate of drug-likeness (QED) is 0.801. The SMILES string of the molecule is C[C@H](c1ccccc1)n1cc(Br)cn1. The molecule has 0 spiro atoms. The molecule has 1 aromatic carbocycles. The van der Waals surface area contributed by atoms with Gasteiger partial charge in [-0.3, -0.25) is 4.68 Å². The second kappa shape index (κ2) is 3.96. The predicted molar refractivity (Wildman–Crippen MR) is 60.2 cm³/mol. The van der Waals surface area contributed by atoms with Gasteiger partial charge in [0, 0.05) is 6.20 Å². The monoisotopic (exact) mass is 250 g/mol. The van der Waals surface area contributed by atoms with Crippen molar-refractivity contribution in [2.24, 2.45) is 0 Å². The van der Waals surface area contributed by atoms with Crippen LogP contribution in [0.25, 0.3) is 0 Å². The van der Waals surface area contributed by atoms with Gasteiger partial charge in [0.1, 0.15) is 0 Å². The Morgan fingerprint density at radius 2 is 2.00 bits per heavy atom. The molecule has 0 aliphatic carbocycles. The molecular formula is C11H11BrN2. The molecule has 0 N–H and O–H groups in total. The van der Waals surface area contributed by atoms with Gasteiger partial charge in [0.05, 0.1) is 16.7 Å². The first-order valence-corrected chi connectivity index (χ1v) is 5.31. The van der Waals surface area contributed by atoms with E-state index in [1.807, 2.05) is 29.1 Å². The second-order valence-electron chi connectivity index (χ2n) is 3.23. The first-order valence-electron chi connectivity index (χ1n) is 4.52. The highest BCUT2D eigenvalue weighted by Crippen LogP contribution is 2.18. The maximum absolute atomic E-state index is 4.26. The van der Waals surface area contributed by atoms with Crippen LogP contribution in [0.5, 0.6) is 0 Å². The lowest BCUT2D eigenvalue weighted by atomic mass is 10.1. The molecule has 0 aliphatic heterocycles. The first kappa shape index (κ1) is 9.46. The number of aromatic nitrogens is 2. The topological polar surface area (TPSA) is 17.8 Å². The highest BCUT2D eigenvalue weighted by Gasteiger charge is 2.07. The molecule has 0 fully saturated rings.